The lowest BCUT2D eigenvalue weighted by molar-refractivity contribution is 0.0636. The number of allylic oxidation sites excluding steroid dienone is 1. The molecule has 98 valence electrons. The molecule has 0 atom stereocenters. The van der Waals surface area contributed by atoms with Crippen molar-refractivity contribution in [2.75, 3.05) is 5.32 Å². The summed E-state index contributed by atoms with van der Waals surface area (Å²) in [6.45, 7) is 8.65. The second-order valence-electron chi connectivity index (χ2n) is 4.76. The van der Waals surface area contributed by atoms with Gasteiger partial charge < -0.3 is 4.74 Å². The number of carbonyl (C=O) groups excluding carboxylic acids is 2. The van der Waals surface area contributed by atoms with Crippen molar-refractivity contribution in [3.05, 3.63) is 24.5 Å². The molecule has 0 aliphatic heterocycles. The van der Waals surface area contributed by atoms with Gasteiger partial charge in [0.05, 0.1) is 5.69 Å². The van der Waals surface area contributed by atoms with E-state index < -0.39 is 11.7 Å². The number of anilines is 1. The van der Waals surface area contributed by atoms with Gasteiger partial charge in [-0.25, -0.2) is 4.79 Å². The number of ketones is 1. The van der Waals surface area contributed by atoms with Gasteiger partial charge in [0.1, 0.15) is 5.60 Å². The molecule has 0 spiro atoms. The third-order valence-electron chi connectivity index (χ3n) is 1.88. The maximum Gasteiger partial charge on any atom is 0.412 e. The van der Waals surface area contributed by atoms with E-state index in [1.807, 2.05) is 0 Å². The lowest BCUT2D eigenvalue weighted by Crippen LogP contribution is -2.27. The first-order valence-corrected chi connectivity index (χ1v) is 5.43. The van der Waals surface area contributed by atoms with Crippen molar-refractivity contribution >= 4 is 17.6 Å². The summed E-state index contributed by atoms with van der Waals surface area (Å²) in [4.78, 5) is 23.1. The second-order valence-corrected chi connectivity index (χ2v) is 4.76. The lowest BCUT2D eigenvalue weighted by atomic mass is 10.2. The normalized spacial score (nSPS) is 10.9. The number of nitrogens with zero attached hydrogens (tertiary/aromatic N) is 2. The third-order valence-corrected chi connectivity index (χ3v) is 1.88. The minimum Gasteiger partial charge on any atom is -0.444 e. The van der Waals surface area contributed by atoms with Crippen LogP contribution >= 0.6 is 0 Å². The van der Waals surface area contributed by atoms with Gasteiger partial charge in [-0.15, -0.1) is 0 Å². The van der Waals surface area contributed by atoms with E-state index in [9.17, 15) is 9.59 Å². The molecule has 1 aromatic heterocycles. The molecule has 1 N–H and O–H groups in total. The quantitative estimate of drug-likeness (QED) is 0.659. The average molecular weight is 251 g/mol. The maximum atomic E-state index is 11.6. The molecule has 0 fully saturated rings. The number of amides is 1. The summed E-state index contributed by atoms with van der Waals surface area (Å²) >= 11 is 0. The fourth-order valence-electron chi connectivity index (χ4n) is 1.27. The largest absolute Gasteiger partial charge is 0.444 e. The van der Waals surface area contributed by atoms with Gasteiger partial charge in [0.2, 0.25) is 5.78 Å². The van der Waals surface area contributed by atoms with Crippen LogP contribution in [0.4, 0.5) is 10.5 Å². The molecule has 6 heteroatoms. The molecule has 0 aliphatic rings. The molecule has 1 amide bonds. The van der Waals surface area contributed by atoms with Crippen LogP contribution in [-0.2, 0) is 11.8 Å². The van der Waals surface area contributed by atoms with Gasteiger partial charge in [-0.1, -0.05) is 6.58 Å². The Balaban J connectivity index is 2.88. The number of ether oxygens (including phenoxy) is 1. The van der Waals surface area contributed by atoms with E-state index in [2.05, 4.69) is 17.0 Å². The molecule has 0 unspecified atom stereocenters. The smallest absolute Gasteiger partial charge is 0.412 e. The van der Waals surface area contributed by atoms with Crippen LogP contribution in [0.15, 0.2) is 18.9 Å². The summed E-state index contributed by atoms with van der Waals surface area (Å²) in [5.41, 5.74) is -0.162. The SMILES string of the molecule is C=CC(=O)c1nn(C)cc1NC(=O)OC(C)(C)C. The number of rotatable bonds is 3. The van der Waals surface area contributed by atoms with Gasteiger partial charge in [-0.3, -0.25) is 14.8 Å². The minimum absolute atomic E-state index is 0.137. The van der Waals surface area contributed by atoms with Crippen LogP contribution < -0.4 is 5.32 Å². The van der Waals surface area contributed by atoms with E-state index in [1.165, 1.54) is 10.9 Å². The predicted octanol–water partition coefficient (Wildman–Crippen LogP) is 2.14. The molecular formula is C12H17N3O3. The molecule has 1 heterocycles. The second kappa shape index (κ2) is 5.03. The molecule has 0 bridgehead atoms. The topological polar surface area (TPSA) is 73.2 Å². The number of hydrogen-bond acceptors (Lipinski definition) is 4. The molecule has 1 rings (SSSR count). The van der Waals surface area contributed by atoms with E-state index in [1.54, 1.807) is 27.8 Å². The van der Waals surface area contributed by atoms with E-state index in [0.717, 1.165) is 6.08 Å². The average Bonchev–Trinajstić information content (AvgIpc) is 2.55. The van der Waals surface area contributed by atoms with Crippen molar-refractivity contribution < 1.29 is 14.3 Å². The molecule has 18 heavy (non-hydrogen) atoms. The minimum atomic E-state index is -0.631. The van der Waals surface area contributed by atoms with Crippen LogP contribution in [0.1, 0.15) is 31.3 Å². The molecule has 0 saturated heterocycles. The molecule has 6 nitrogen and oxygen atoms in total. The summed E-state index contributed by atoms with van der Waals surface area (Å²) in [6, 6.07) is 0. The van der Waals surface area contributed by atoms with Crippen molar-refractivity contribution in [2.45, 2.75) is 26.4 Å². The Kier molecular flexibility index (Phi) is 3.90. The first kappa shape index (κ1) is 14.0. The van der Waals surface area contributed by atoms with Gasteiger partial charge in [-0.2, -0.15) is 5.10 Å². The Labute approximate surface area is 106 Å². The van der Waals surface area contributed by atoms with Crippen molar-refractivity contribution in [2.24, 2.45) is 7.05 Å². The van der Waals surface area contributed by atoms with Crippen molar-refractivity contribution in [3.63, 3.8) is 0 Å². The molecule has 1 aromatic rings. The summed E-state index contributed by atoms with van der Waals surface area (Å²) in [6.07, 6.45) is 2.04. The molecule has 0 aromatic carbocycles. The van der Waals surface area contributed by atoms with E-state index in [4.69, 9.17) is 4.74 Å². The number of aromatic nitrogens is 2. The van der Waals surface area contributed by atoms with Gasteiger partial charge in [0.15, 0.2) is 5.69 Å². The highest BCUT2D eigenvalue weighted by Crippen LogP contribution is 2.16. The van der Waals surface area contributed by atoms with E-state index in [0.29, 0.717) is 5.69 Å². The fraction of sp³-hybridized carbons (Fsp3) is 0.417. The zero-order chi connectivity index (χ0) is 13.9. The molecule has 0 aliphatic carbocycles. The Morgan fingerprint density at radius 1 is 1.50 bits per heavy atom. The highest BCUT2D eigenvalue weighted by Gasteiger charge is 2.20. The number of hydrogen-bond donors (Lipinski definition) is 1. The lowest BCUT2D eigenvalue weighted by Gasteiger charge is -2.19. The highest BCUT2D eigenvalue weighted by molar-refractivity contribution is 6.08. The van der Waals surface area contributed by atoms with Crippen molar-refractivity contribution in [1.29, 1.82) is 0 Å². The number of carbonyl (C=O) groups is 2. The first-order chi connectivity index (χ1) is 8.23. The molecular weight excluding hydrogens is 234 g/mol. The van der Waals surface area contributed by atoms with Gasteiger partial charge in [-0.05, 0) is 26.8 Å². The molecule has 0 radical (unpaired) electrons. The van der Waals surface area contributed by atoms with Crippen LogP contribution in [0.5, 0.6) is 0 Å². The fourth-order valence-corrected chi connectivity index (χ4v) is 1.27. The van der Waals surface area contributed by atoms with E-state index in [-0.39, 0.29) is 11.5 Å². The Hall–Kier alpha value is -2.11. The van der Waals surface area contributed by atoms with Gasteiger partial charge in [0, 0.05) is 13.2 Å². The summed E-state index contributed by atoms with van der Waals surface area (Å²) < 4.78 is 6.53. The molecule has 0 saturated carbocycles. The van der Waals surface area contributed by atoms with E-state index >= 15 is 0 Å². The summed E-state index contributed by atoms with van der Waals surface area (Å²) in [7, 11) is 1.65. The maximum absolute atomic E-state index is 11.6. The van der Waals surface area contributed by atoms with Crippen molar-refractivity contribution in [1.82, 2.24) is 9.78 Å². The zero-order valence-electron chi connectivity index (χ0n) is 11.0. The van der Waals surface area contributed by atoms with Gasteiger partial charge >= 0.3 is 6.09 Å². The number of aryl methyl sites for hydroxylation is 1. The summed E-state index contributed by atoms with van der Waals surface area (Å²) in [5.74, 6) is -0.360. The standard InChI is InChI=1S/C12H17N3O3/c1-6-9(16)10-8(7-15(5)14-10)13-11(17)18-12(2,3)4/h6-7H,1H2,2-5H3,(H,13,17). The first-order valence-electron chi connectivity index (χ1n) is 5.43. The monoisotopic (exact) mass is 251 g/mol. The van der Waals surface area contributed by atoms with Crippen LogP contribution in [0.2, 0.25) is 0 Å². The Bertz CT molecular complexity index is 483. The van der Waals surface area contributed by atoms with Crippen LogP contribution in [0, 0.1) is 0 Å². The predicted molar refractivity (Wildman–Crippen MR) is 67.6 cm³/mol. The Morgan fingerprint density at radius 3 is 2.61 bits per heavy atom. The Morgan fingerprint density at radius 2 is 2.11 bits per heavy atom. The highest BCUT2D eigenvalue weighted by atomic mass is 16.6. The number of nitrogens with one attached hydrogen (secondary N) is 1. The summed E-state index contributed by atoms with van der Waals surface area (Å²) in [5, 5.41) is 6.45. The van der Waals surface area contributed by atoms with Crippen LogP contribution in [-0.4, -0.2) is 27.3 Å². The third kappa shape index (κ3) is 3.73. The van der Waals surface area contributed by atoms with Crippen LogP contribution in [0.3, 0.4) is 0 Å². The van der Waals surface area contributed by atoms with Crippen molar-refractivity contribution in [3.8, 4) is 0 Å². The van der Waals surface area contributed by atoms with Crippen LogP contribution in [0.25, 0.3) is 0 Å². The van der Waals surface area contributed by atoms with Gasteiger partial charge in [0.25, 0.3) is 0 Å². The zero-order valence-corrected chi connectivity index (χ0v) is 11.0.